The summed E-state index contributed by atoms with van der Waals surface area (Å²) < 4.78 is 37.0. The van der Waals surface area contributed by atoms with Crippen molar-refractivity contribution in [3.8, 4) is 0 Å². The number of rotatable bonds is 16. The maximum Gasteiger partial charge on any atom is 0.305 e. The Bertz CT molecular complexity index is 346. The van der Waals surface area contributed by atoms with E-state index in [0.717, 1.165) is 44.9 Å². The van der Waals surface area contributed by atoms with E-state index in [2.05, 4.69) is 11.7 Å². The molecular weight excluding hydrogens is 260 g/mol. The van der Waals surface area contributed by atoms with Crippen LogP contribution in [0.5, 0.6) is 0 Å². The molecule has 0 aliphatic heterocycles. The predicted molar refractivity (Wildman–Crippen MR) is 91.6 cm³/mol. The Morgan fingerprint density at radius 3 is 1.67 bits per heavy atom. The van der Waals surface area contributed by atoms with E-state index in [4.69, 9.17) is 5.48 Å². The van der Waals surface area contributed by atoms with Gasteiger partial charge in [-0.15, -0.1) is 0 Å². The lowest BCUT2D eigenvalue weighted by molar-refractivity contribution is -0.140. The van der Waals surface area contributed by atoms with E-state index >= 15 is 0 Å². The van der Waals surface area contributed by atoms with Gasteiger partial charge in [0.05, 0.1) is 7.11 Å². The van der Waals surface area contributed by atoms with Gasteiger partial charge in [-0.2, -0.15) is 0 Å². The maximum absolute atomic E-state index is 11.0. The van der Waals surface area contributed by atoms with E-state index in [9.17, 15) is 4.79 Å². The summed E-state index contributed by atoms with van der Waals surface area (Å²) in [6, 6.07) is 0. The zero-order chi connectivity index (χ0) is 19.2. The summed E-state index contributed by atoms with van der Waals surface area (Å²) in [5.74, 6) is -0.181. The minimum absolute atomic E-state index is 0.181. The van der Waals surface area contributed by atoms with Gasteiger partial charge in [0, 0.05) is 11.9 Å². The first-order valence-corrected chi connectivity index (χ1v) is 8.83. The van der Waals surface area contributed by atoms with Gasteiger partial charge in [-0.05, 0) is 6.42 Å². The second-order valence-corrected chi connectivity index (χ2v) is 5.72. The summed E-state index contributed by atoms with van der Waals surface area (Å²) in [7, 11) is 1.39. The molecule has 0 heterocycles. The van der Waals surface area contributed by atoms with E-state index < -0.39 is 12.7 Å². The first kappa shape index (κ1) is 14.1. The quantitative estimate of drug-likeness (QED) is 0.243. The Labute approximate surface area is 138 Å². The third-order valence-electron chi connectivity index (χ3n) is 3.69. The molecule has 0 aromatic rings. The summed E-state index contributed by atoms with van der Waals surface area (Å²) >= 11 is 0. The van der Waals surface area contributed by atoms with Crippen molar-refractivity contribution in [2.75, 3.05) is 7.11 Å². The number of carbonyl (C=O) groups is 1. The standard InChI is InChI=1S/C19H38O2/c1-3-4-5-6-7-8-9-10-11-12-13-14-15-16-17-18-19(20)21-2/h3-18H2,1-2H3/i10D2,11D2. The monoisotopic (exact) mass is 302 g/mol. The van der Waals surface area contributed by atoms with Crippen LogP contribution >= 0.6 is 0 Å². The van der Waals surface area contributed by atoms with Gasteiger partial charge in [-0.1, -0.05) is 96.7 Å². The average molecular weight is 303 g/mol. The molecule has 0 atom stereocenters. The van der Waals surface area contributed by atoms with Crippen molar-refractivity contribution in [1.82, 2.24) is 0 Å². The number of hydrogen-bond acceptors (Lipinski definition) is 2. The van der Waals surface area contributed by atoms with Gasteiger partial charge in [0.15, 0.2) is 0 Å². The summed E-state index contributed by atoms with van der Waals surface area (Å²) in [5.41, 5.74) is 0. The van der Waals surface area contributed by atoms with Crippen molar-refractivity contribution >= 4 is 5.97 Å². The molecule has 0 aliphatic rings. The fourth-order valence-electron chi connectivity index (χ4n) is 2.29. The van der Waals surface area contributed by atoms with Gasteiger partial charge in [0.25, 0.3) is 0 Å². The molecule has 0 saturated heterocycles. The smallest absolute Gasteiger partial charge is 0.305 e. The van der Waals surface area contributed by atoms with Crippen LogP contribution in [0, 0.1) is 0 Å². The molecule has 0 aromatic carbocycles. The second-order valence-electron chi connectivity index (χ2n) is 5.72. The number of methoxy groups -OCH3 is 1. The fourth-order valence-corrected chi connectivity index (χ4v) is 2.29. The summed E-state index contributed by atoms with van der Waals surface area (Å²) in [6.45, 7) is 2.17. The van der Waals surface area contributed by atoms with Crippen molar-refractivity contribution < 1.29 is 15.0 Å². The molecule has 0 aliphatic carbocycles. The van der Waals surface area contributed by atoms with E-state index in [1.165, 1.54) is 26.4 Å². The zero-order valence-electron chi connectivity index (χ0n) is 18.2. The third kappa shape index (κ3) is 17.4. The highest BCUT2D eigenvalue weighted by Gasteiger charge is 1.99. The lowest BCUT2D eigenvalue weighted by Gasteiger charge is -2.03. The Balaban J connectivity index is 3.85. The molecule has 0 saturated carbocycles. The number of unbranched alkanes of at least 4 members (excludes halogenated alkanes) is 9. The molecule has 21 heavy (non-hydrogen) atoms. The molecule has 0 spiro atoms. The first-order chi connectivity index (χ1) is 11.8. The highest BCUT2D eigenvalue weighted by Crippen LogP contribution is 2.13. The molecule has 0 aromatic heterocycles. The molecule has 0 fully saturated rings. The van der Waals surface area contributed by atoms with E-state index in [1.54, 1.807) is 0 Å². The third-order valence-corrected chi connectivity index (χ3v) is 3.69. The summed E-state index contributed by atoms with van der Waals surface area (Å²) in [6.07, 6.45) is 8.30. The average Bonchev–Trinajstić information content (AvgIpc) is 2.56. The fraction of sp³-hybridized carbons (Fsp3) is 0.947. The number of ether oxygens (including phenoxy) is 1. The van der Waals surface area contributed by atoms with Gasteiger partial charge < -0.3 is 4.74 Å². The van der Waals surface area contributed by atoms with Crippen LogP contribution in [0.2, 0.25) is 0 Å². The Morgan fingerprint density at radius 1 is 0.762 bits per heavy atom. The number of hydrogen-bond donors (Lipinski definition) is 0. The van der Waals surface area contributed by atoms with Crippen molar-refractivity contribution in [3.63, 3.8) is 0 Å². The normalized spacial score (nSPS) is 15.0. The molecule has 0 amide bonds. The van der Waals surface area contributed by atoms with Gasteiger partial charge in [-0.25, -0.2) is 0 Å². The highest BCUT2D eigenvalue weighted by molar-refractivity contribution is 5.68. The van der Waals surface area contributed by atoms with Crippen molar-refractivity contribution in [1.29, 1.82) is 0 Å². The second kappa shape index (κ2) is 17.5. The minimum atomic E-state index is -1.76. The molecule has 0 radical (unpaired) electrons. The molecule has 0 unspecified atom stereocenters. The molecular formula is C19H38O2. The Morgan fingerprint density at radius 2 is 1.19 bits per heavy atom. The van der Waals surface area contributed by atoms with Crippen LogP contribution in [0.3, 0.4) is 0 Å². The van der Waals surface area contributed by atoms with E-state index in [-0.39, 0.29) is 12.4 Å². The van der Waals surface area contributed by atoms with Gasteiger partial charge >= 0.3 is 5.97 Å². The first-order valence-electron chi connectivity index (χ1n) is 10.8. The minimum Gasteiger partial charge on any atom is -0.469 e. The van der Waals surface area contributed by atoms with Crippen LogP contribution in [0.1, 0.15) is 115 Å². The van der Waals surface area contributed by atoms with Crippen LogP contribution in [0.15, 0.2) is 0 Å². The lowest BCUT2D eigenvalue weighted by Crippen LogP contribution is -1.99. The molecule has 0 bridgehead atoms. The van der Waals surface area contributed by atoms with Crippen LogP contribution in [0.4, 0.5) is 0 Å². The molecule has 0 N–H and O–H groups in total. The maximum atomic E-state index is 11.0. The van der Waals surface area contributed by atoms with Crippen molar-refractivity contribution in [2.24, 2.45) is 0 Å². The van der Waals surface area contributed by atoms with Gasteiger partial charge in [-0.3, -0.25) is 4.79 Å². The van der Waals surface area contributed by atoms with Crippen LogP contribution in [-0.4, -0.2) is 13.1 Å². The SMILES string of the molecule is [2H]C([2H])(CCCCCCCC)C([2H])([2H])CCCCCCCC(=O)OC. The van der Waals surface area contributed by atoms with Crippen LogP contribution in [0.25, 0.3) is 0 Å². The molecule has 2 nitrogen and oxygen atoms in total. The molecule has 0 rings (SSSR count). The number of carbonyl (C=O) groups excluding carboxylic acids is 1. The Kier molecular flexibility index (Phi) is 11.8. The summed E-state index contributed by atoms with van der Waals surface area (Å²) in [4.78, 5) is 11.0. The predicted octanol–water partition coefficient (Wildman–Crippen LogP) is 6.42. The largest absolute Gasteiger partial charge is 0.469 e. The topological polar surface area (TPSA) is 26.3 Å². The Hall–Kier alpha value is -0.530. The van der Waals surface area contributed by atoms with E-state index in [1.807, 2.05) is 0 Å². The molecule has 2 heteroatoms. The van der Waals surface area contributed by atoms with Crippen molar-refractivity contribution in [3.05, 3.63) is 0 Å². The lowest BCUT2D eigenvalue weighted by atomic mass is 10.0. The zero-order valence-corrected chi connectivity index (χ0v) is 14.2. The summed E-state index contributed by atoms with van der Waals surface area (Å²) in [5, 5.41) is 0. The van der Waals surface area contributed by atoms with Crippen LogP contribution < -0.4 is 0 Å². The van der Waals surface area contributed by atoms with Gasteiger partial charge in [0.1, 0.15) is 0 Å². The van der Waals surface area contributed by atoms with Crippen molar-refractivity contribution in [2.45, 2.75) is 110 Å². The number of esters is 1. The molecule has 126 valence electrons. The van der Waals surface area contributed by atoms with E-state index in [0.29, 0.717) is 19.3 Å². The van der Waals surface area contributed by atoms with Gasteiger partial charge in [0.2, 0.25) is 0 Å². The highest BCUT2D eigenvalue weighted by atomic mass is 16.5. The van der Waals surface area contributed by atoms with Crippen LogP contribution in [-0.2, 0) is 9.53 Å².